The fourth-order valence-corrected chi connectivity index (χ4v) is 3.96. The van der Waals surface area contributed by atoms with Crippen molar-refractivity contribution in [3.8, 4) is 17.2 Å². The Morgan fingerprint density at radius 2 is 2.14 bits per heavy atom. The zero-order valence-electron chi connectivity index (χ0n) is 11.7. The minimum atomic E-state index is -0.104. The number of unbranched alkanes of at least 4 members (excludes halogenated alkanes) is 1. The molecule has 4 nitrogen and oxygen atoms in total. The number of nitrogens with one attached hydrogen (secondary N) is 1. The Kier molecular flexibility index (Phi) is 4.56. The van der Waals surface area contributed by atoms with Gasteiger partial charge in [-0.2, -0.15) is 5.26 Å². The lowest BCUT2D eigenvalue weighted by atomic mass is 10.1. The number of hydrogen-bond donors (Lipinski definition) is 1. The lowest BCUT2D eigenvalue weighted by Gasteiger charge is -2.01. The number of hydrogen-bond acceptors (Lipinski definition) is 5. The first-order valence-corrected chi connectivity index (χ1v) is 8.73. The molecule has 2 heterocycles. The Labute approximate surface area is 135 Å². The highest BCUT2D eigenvalue weighted by atomic mass is 32.2. The van der Waals surface area contributed by atoms with Crippen molar-refractivity contribution < 1.29 is 0 Å². The van der Waals surface area contributed by atoms with Gasteiger partial charge in [0, 0.05) is 23.1 Å². The number of thiophene rings is 1. The second-order valence-electron chi connectivity index (χ2n) is 4.68. The van der Waals surface area contributed by atoms with Crippen LogP contribution in [0, 0.1) is 11.3 Å². The summed E-state index contributed by atoms with van der Waals surface area (Å²) < 4.78 is 0. The zero-order valence-corrected chi connectivity index (χ0v) is 13.3. The number of benzene rings is 1. The summed E-state index contributed by atoms with van der Waals surface area (Å²) in [4.78, 5) is 20.5. The lowest BCUT2D eigenvalue weighted by Crippen LogP contribution is -2.08. The summed E-state index contributed by atoms with van der Waals surface area (Å²) in [7, 11) is 0. The molecule has 0 amide bonds. The van der Waals surface area contributed by atoms with Crippen molar-refractivity contribution in [2.24, 2.45) is 0 Å². The smallest absolute Gasteiger partial charge is 0.260 e. The fraction of sp³-hybridized carbons (Fsp3) is 0.188. The Morgan fingerprint density at radius 1 is 1.32 bits per heavy atom. The van der Waals surface area contributed by atoms with E-state index < -0.39 is 0 Å². The first-order valence-electron chi connectivity index (χ1n) is 6.86. The van der Waals surface area contributed by atoms with Crippen molar-refractivity contribution in [3.63, 3.8) is 0 Å². The molecular formula is C16H13N3OS2. The van der Waals surface area contributed by atoms with Crippen LogP contribution in [0.3, 0.4) is 0 Å². The maximum Gasteiger partial charge on any atom is 0.260 e. The molecule has 110 valence electrons. The minimum Gasteiger partial charge on any atom is -0.301 e. The van der Waals surface area contributed by atoms with Crippen molar-refractivity contribution in [3.05, 3.63) is 46.1 Å². The summed E-state index contributed by atoms with van der Waals surface area (Å²) in [5.41, 5.74) is 1.85. The van der Waals surface area contributed by atoms with E-state index in [9.17, 15) is 4.79 Å². The van der Waals surface area contributed by atoms with Gasteiger partial charge in [-0.15, -0.1) is 11.3 Å². The molecule has 2 aromatic heterocycles. The first-order chi connectivity index (χ1) is 10.8. The average molecular weight is 327 g/mol. The van der Waals surface area contributed by atoms with Crippen LogP contribution in [-0.4, -0.2) is 15.7 Å². The van der Waals surface area contributed by atoms with Gasteiger partial charge in [0.25, 0.3) is 5.56 Å². The van der Waals surface area contributed by atoms with Gasteiger partial charge in [-0.3, -0.25) is 4.79 Å². The highest BCUT2D eigenvalue weighted by Crippen LogP contribution is 2.31. The van der Waals surface area contributed by atoms with Gasteiger partial charge in [0.15, 0.2) is 5.16 Å². The largest absolute Gasteiger partial charge is 0.301 e. The van der Waals surface area contributed by atoms with E-state index in [1.165, 1.54) is 23.1 Å². The molecule has 0 spiro atoms. The normalized spacial score (nSPS) is 10.7. The summed E-state index contributed by atoms with van der Waals surface area (Å²) in [6.07, 6.45) is 1.32. The van der Waals surface area contributed by atoms with E-state index in [-0.39, 0.29) is 5.56 Å². The van der Waals surface area contributed by atoms with E-state index in [0.717, 1.165) is 28.1 Å². The molecule has 1 N–H and O–H groups in total. The summed E-state index contributed by atoms with van der Waals surface area (Å²) >= 11 is 2.97. The molecular weight excluding hydrogens is 314 g/mol. The molecule has 1 aromatic carbocycles. The van der Waals surface area contributed by atoms with E-state index >= 15 is 0 Å². The predicted molar refractivity (Wildman–Crippen MR) is 91.2 cm³/mol. The Balaban J connectivity index is 1.94. The van der Waals surface area contributed by atoms with E-state index in [0.29, 0.717) is 17.0 Å². The van der Waals surface area contributed by atoms with Crippen LogP contribution >= 0.6 is 23.1 Å². The Morgan fingerprint density at radius 3 is 2.91 bits per heavy atom. The molecule has 0 fully saturated rings. The number of rotatable bonds is 5. The van der Waals surface area contributed by atoms with Gasteiger partial charge in [0.05, 0.1) is 11.5 Å². The van der Waals surface area contributed by atoms with Crippen molar-refractivity contribution in [1.82, 2.24) is 9.97 Å². The monoisotopic (exact) mass is 327 g/mol. The fourth-order valence-electron chi connectivity index (χ4n) is 2.15. The third-order valence-electron chi connectivity index (χ3n) is 3.18. The number of nitriles is 1. The molecule has 0 saturated heterocycles. The van der Waals surface area contributed by atoms with Gasteiger partial charge in [-0.25, -0.2) is 4.98 Å². The second kappa shape index (κ2) is 6.77. The molecule has 0 atom stereocenters. The van der Waals surface area contributed by atoms with Crippen molar-refractivity contribution in [2.75, 3.05) is 5.75 Å². The summed E-state index contributed by atoms with van der Waals surface area (Å²) in [5, 5.41) is 11.8. The van der Waals surface area contributed by atoms with Crippen molar-refractivity contribution in [2.45, 2.75) is 18.0 Å². The number of aromatic nitrogens is 2. The van der Waals surface area contributed by atoms with E-state index in [1.807, 2.05) is 35.7 Å². The van der Waals surface area contributed by atoms with E-state index in [1.54, 1.807) is 0 Å². The molecule has 3 rings (SSSR count). The molecule has 0 unspecified atom stereocenters. The van der Waals surface area contributed by atoms with Crippen LogP contribution in [0.1, 0.15) is 12.8 Å². The van der Waals surface area contributed by atoms with Gasteiger partial charge in [0.2, 0.25) is 0 Å². The van der Waals surface area contributed by atoms with Crippen molar-refractivity contribution in [1.29, 1.82) is 5.26 Å². The summed E-state index contributed by atoms with van der Waals surface area (Å²) in [6.45, 7) is 0. The van der Waals surface area contributed by atoms with Crippen LogP contribution in [0.5, 0.6) is 0 Å². The van der Waals surface area contributed by atoms with Crippen LogP contribution in [0.25, 0.3) is 21.3 Å². The quantitative estimate of drug-likeness (QED) is 0.436. The highest BCUT2D eigenvalue weighted by molar-refractivity contribution is 7.99. The molecule has 0 aliphatic carbocycles. The maximum atomic E-state index is 12.4. The molecule has 0 aliphatic heterocycles. The highest BCUT2D eigenvalue weighted by Gasteiger charge is 2.12. The number of aromatic amines is 1. The first kappa shape index (κ1) is 14.8. The molecule has 0 bridgehead atoms. The zero-order chi connectivity index (χ0) is 15.4. The van der Waals surface area contributed by atoms with Gasteiger partial charge in [-0.1, -0.05) is 42.1 Å². The van der Waals surface area contributed by atoms with Crippen LogP contribution in [-0.2, 0) is 0 Å². The van der Waals surface area contributed by atoms with E-state index in [2.05, 4.69) is 16.0 Å². The van der Waals surface area contributed by atoms with Gasteiger partial charge in [0.1, 0.15) is 4.83 Å². The van der Waals surface area contributed by atoms with Crippen LogP contribution in [0.15, 0.2) is 45.7 Å². The van der Waals surface area contributed by atoms with Crippen LogP contribution in [0.4, 0.5) is 0 Å². The van der Waals surface area contributed by atoms with Crippen molar-refractivity contribution >= 4 is 33.3 Å². The van der Waals surface area contributed by atoms with Gasteiger partial charge in [-0.05, 0) is 12.0 Å². The maximum absolute atomic E-state index is 12.4. The predicted octanol–water partition coefficient (Wildman–Crippen LogP) is 4.05. The number of thioether (sulfide) groups is 1. The number of nitrogens with zero attached hydrogens (tertiary/aromatic N) is 2. The van der Waals surface area contributed by atoms with Gasteiger partial charge < -0.3 is 4.98 Å². The number of H-pyrrole nitrogens is 1. The third-order valence-corrected chi connectivity index (χ3v) is 5.01. The molecule has 0 aliphatic rings. The van der Waals surface area contributed by atoms with E-state index in [4.69, 9.17) is 5.26 Å². The molecule has 3 aromatic rings. The molecule has 0 saturated carbocycles. The topological polar surface area (TPSA) is 69.5 Å². The van der Waals surface area contributed by atoms with Crippen LogP contribution in [0.2, 0.25) is 0 Å². The van der Waals surface area contributed by atoms with Gasteiger partial charge >= 0.3 is 0 Å². The molecule has 6 heteroatoms. The average Bonchev–Trinajstić information content (AvgIpc) is 2.97. The molecule has 0 radical (unpaired) electrons. The standard InChI is InChI=1S/C16H13N3OS2/c17-8-4-5-9-21-16-18-14(20)13-12(10-22-15(13)19-16)11-6-2-1-3-7-11/h1-3,6-7,10H,4-5,9H2,(H,18,19,20). The van der Waals surface area contributed by atoms with Crippen LogP contribution < -0.4 is 5.56 Å². The Bertz CT molecular complexity index is 878. The third kappa shape index (κ3) is 3.06. The minimum absolute atomic E-state index is 0.104. The summed E-state index contributed by atoms with van der Waals surface area (Å²) in [6, 6.07) is 12.0. The Hall–Kier alpha value is -2.10. The SMILES string of the molecule is N#CCCCSc1nc2scc(-c3ccccc3)c2c(=O)[nH]1. The lowest BCUT2D eigenvalue weighted by molar-refractivity contribution is 0.951. The summed E-state index contributed by atoms with van der Waals surface area (Å²) in [5.74, 6) is 0.777. The second-order valence-corrected chi connectivity index (χ2v) is 6.62. The number of fused-ring (bicyclic) bond motifs is 1. The molecule has 22 heavy (non-hydrogen) atoms.